The molecule has 0 aliphatic rings. The summed E-state index contributed by atoms with van der Waals surface area (Å²) in [4.78, 5) is 11.6. The maximum atomic E-state index is 11.6. The number of ether oxygens (including phenoxy) is 1. The third kappa shape index (κ3) is 5.04. The number of nitrogens with one attached hydrogen (secondary N) is 1. The van der Waals surface area contributed by atoms with Gasteiger partial charge in [-0.25, -0.2) is 0 Å². The van der Waals surface area contributed by atoms with Crippen LogP contribution in [0.1, 0.15) is 19.4 Å². The highest BCUT2D eigenvalue weighted by Crippen LogP contribution is 2.09. The Bertz CT molecular complexity index is 362. The average molecular weight is 347 g/mol. The first-order valence-electron chi connectivity index (χ1n) is 5.61. The SMILES string of the molecule is COC(=O)C(Cc1ccc(I)cc1)NC(C)C. The monoisotopic (exact) mass is 347 g/mol. The second-order valence-corrected chi connectivity index (χ2v) is 5.47. The summed E-state index contributed by atoms with van der Waals surface area (Å²) in [5.74, 6) is -0.211. The number of halogens is 1. The molecule has 1 N–H and O–H groups in total. The Morgan fingerprint density at radius 1 is 1.35 bits per heavy atom. The highest BCUT2D eigenvalue weighted by Gasteiger charge is 2.19. The molecular weight excluding hydrogens is 329 g/mol. The van der Waals surface area contributed by atoms with Crippen molar-refractivity contribution >= 4 is 28.6 Å². The Labute approximate surface area is 116 Å². The van der Waals surface area contributed by atoms with Crippen molar-refractivity contribution in [3.8, 4) is 0 Å². The lowest BCUT2D eigenvalue weighted by Gasteiger charge is -2.19. The fraction of sp³-hybridized carbons (Fsp3) is 0.462. The molecule has 0 saturated heterocycles. The summed E-state index contributed by atoms with van der Waals surface area (Å²) in [6, 6.07) is 8.14. The molecule has 94 valence electrons. The van der Waals surface area contributed by atoms with Crippen LogP contribution in [-0.4, -0.2) is 25.2 Å². The van der Waals surface area contributed by atoms with Crippen molar-refractivity contribution in [3.63, 3.8) is 0 Å². The van der Waals surface area contributed by atoms with Crippen molar-refractivity contribution in [1.29, 1.82) is 0 Å². The zero-order valence-electron chi connectivity index (χ0n) is 10.4. The summed E-state index contributed by atoms with van der Waals surface area (Å²) < 4.78 is 6.00. The van der Waals surface area contributed by atoms with E-state index in [0.717, 1.165) is 5.56 Å². The van der Waals surface area contributed by atoms with Crippen molar-refractivity contribution < 1.29 is 9.53 Å². The van der Waals surface area contributed by atoms with E-state index in [9.17, 15) is 4.79 Å². The van der Waals surface area contributed by atoms with E-state index in [0.29, 0.717) is 6.42 Å². The van der Waals surface area contributed by atoms with E-state index in [1.54, 1.807) is 0 Å². The molecule has 1 atom stereocenters. The summed E-state index contributed by atoms with van der Waals surface area (Å²) in [5.41, 5.74) is 1.13. The van der Waals surface area contributed by atoms with E-state index in [4.69, 9.17) is 4.74 Å². The highest BCUT2D eigenvalue weighted by molar-refractivity contribution is 14.1. The lowest BCUT2D eigenvalue weighted by atomic mass is 10.1. The van der Waals surface area contributed by atoms with Gasteiger partial charge in [-0.1, -0.05) is 26.0 Å². The Hall–Kier alpha value is -0.620. The average Bonchev–Trinajstić information content (AvgIpc) is 2.29. The molecule has 0 spiro atoms. The first-order valence-corrected chi connectivity index (χ1v) is 6.69. The van der Waals surface area contributed by atoms with Gasteiger partial charge in [-0.2, -0.15) is 0 Å². The van der Waals surface area contributed by atoms with Crippen LogP contribution in [0.3, 0.4) is 0 Å². The van der Waals surface area contributed by atoms with E-state index in [2.05, 4.69) is 27.9 Å². The molecule has 1 aromatic carbocycles. The van der Waals surface area contributed by atoms with E-state index in [-0.39, 0.29) is 18.1 Å². The fourth-order valence-electron chi connectivity index (χ4n) is 1.61. The molecular formula is C13H18INO2. The quantitative estimate of drug-likeness (QED) is 0.657. The number of carbonyl (C=O) groups excluding carboxylic acids is 1. The van der Waals surface area contributed by atoms with Crippen molar-refractivity contribution in [3.05, 3.63) is 33.4 Å². The van der Waals surface area contributed by atoms with Crippen molar-refractivity contribution in [2.45, 2.75) is 32.4 Å². The van der Waals surface area contributed by atoms with Gasteiger partial charge in [-0.3, -0.25) is 4.79 Å². The number of hydrogen-bond acceptors (Lipinski definition) is 3. The summed E-state index contributed by atoms with van der Waals surface area (Å²) in [6.45, 7) is 4.04. The molecule has 0 saturated carbocycles. The second-order valence-electron chi connectivity index (χ2n) is 4.23. The Balaban J connectivity index is 2.71. The van der Waals surface area contributed by atoms with E-state index in [1.165, 1.54) is 10.7 Å². The smallest absolute Gasteiger partial charge is 0.323 e. The van der Waals surface area contributed by atoms with Gasteiger partial charge in [0, 0.05) is 9.61 Å². The molecule has 1 rings (SSSR count). The van der Waals surface area contributed by atoms with Crippen LogP contribution >= 0.6 is 22.6 Å². The minimum absolute atomic E-state index is 0.211. The van der Waals surface area contributed by atoms with Gasteiger partial charge in [-0.05, 0) is 46.7 Å². The molecule has 3 nitrogen and oxygen atoms in total. The third-order valence-electron chi connectivity index (χ3n) is 2.37. The zero-order valence-corrected chi connectivity index (χ0v) is 12.5. The molecule has 0 heterocycles. The van der Waals surface area contributed by atoms with Crippen molar-refractivity contribution in [2.24, 2.45) is 0 Å². The normalized spacial score (nSPS) is 12.5. The Morgan fingerprint density at radius 3 is 2.41 bits per heavy atom. The summed E-state index contributed by atoms with van der Waals surface area (Å²) in [7, 11) is 1.42. The second kappa shape index (κ2) is 6.96. The molecule has 1 unspecified atom stereocenters. The number of rotatable bonds is 5. The number of esters is 1. The minimum atomic E-state index is -0.278. The molecule has 0 bridgehead atoms. The van der Waals surface area contributed by atoms with Gasteiger partial charge in [0.1, 0.15) is 6.04 Å². The summed E-state index contributed by atoms with van der Waals surface area (Å²) in [5, 5.41) is 3.22. The van der Waals surface area contributed by atoms with Crippen LogP contribution < -0.4 is 5.32 Å². The molecule has 0 fully saturated rings. The molecule has 0 aliphatic carbocycles. The first-order chi connectivity index (χ1) is 8.02. The predicted octanol–water partition coefficient (Wildman–Crippen LogP) is 2.37. The molecule has 4 heteroatoms. The minimum Gasteiger partial charge on any atom is -0.468 e. The number of methoxy groups -OCH3 is 1. The van der Waals surface area contributed by atoms with E-state index >= 15 is 0 Å². The molecule has 0 radical (unpaired) electrons. The number of benzene rings is 1. The van der Waals surface area contributed by atoms with Crippen molar-refractivity contribution in [1.82, 2.24) is 5.32 Å². The standard InChI is InChI=1S/C13H18INO2/c1-9(2)15-12(13(16)17-3)8-10-4-6-11(14)7-5-10/h4-7,9,12,15H,8H2,1-3H3. The predicted molar refractivity (Wildman–Crippen MR) is 76.9 cm³/mol. The Morgan fingerprint density at radius 2 is 1.94 bits per heavy atom. The lowest BCUT2D eigenvalue weighted by molar-refractivity contribution is -0.143. The van der Waals surface area contributed by atoms with Gasteiger partial charge in [0.2, 0.25) is 0 Å². The van der Waals surface area contributed by atoms with Crippen LogP contribution in [0.5, 0.6) is 0 Å². The molecule has 0 aromatic heterocycles. The van der Waals surface area contributed by atoms with Crippen molar-refractivity contribution in [2.75, 3.05) is 7.11 Å². The number of hydrogen-bond donors (Lipinski definition) is 1. The van der Waals surface area contributed by atoms with Gasteiger partial charge >= 0.3 is 5.97 Å². The third-order valence-corrected chi connectivity index (χ3v) is 3.09. The van der Waals surface area contributed by atoms with Gasteiger partial charge in [0.25, 0.3) is 0 Å². The maximum Gasteiger partial charge on any atom is 0.323 e. The van der Waals surface area contributed by atoms with Crippen LogP contribution in [-0.2, 0) is 16.0 Å². The first kappa shape index (κ1) is 14.4. The largest absolute Gasteiger partial charge is 0.468 e. The van der Waals surface area contributed by atoms with Gasteiger partial charge in [0.15, 0.2) is 0 Å². The van der Waals surface area contributed by atoms with E-state index < -0.39 is 0 Å². The van der Waals surface area contributed by atoms with Crippen LogP contribution in [0.15, 0.2) is 24.3 Å². The lowest BCUT2D eigenvalue weighted by Crippen LogP contribution is -2.43. The molecule has 17 heavy (non-hydrogen) atoms. The highest BCUT2D eigenvalue weighted by atomic mass is 127. The topological polar surface area (TPSA) is 38.3 Å². The zero-order chi connectivity index (χ0) is 12.8. The van der Waals surface area contributed by atoms with Crippen LogP contribution in [0.25, 0.3) is 0 Å². The number of carbonyl (C=O) groups is 1. The summed E-state index contributed by atoms with van der Waals surface area (Å²) in [6.07, 6.45) is 0.655. The van der Waals surface area contributed by atoms with Gasteiger partial charge in [-0.15, -0.1) is 0 Å². The molecule has 0 aliphatic heterocycles. The van der Waals surface area contributed by atoms with Gasteiger partial charge < -0.3 is 10.1 Å². The maximum absolute atomic E-state index is 11.6. The molecule has 1 aromatic rings. The van der Waals surface area contributed by atoms with Crippen LogP contribution in [0.4, 0.5) is 0 Å². The fourth-order valence-corrected chi connectivity index (χ4v) is 1.97. The summed E-state index contributed by atoms with van der Waals surface area (Å²) >= 11 is 2.26. The molecule has 0 amide bonds. The van der Waals surface area contributed by atoms with E-state index in [1.807, 2.05) is 38.1 Å². The van der Waals surface area contributed by atoms with Gasteiger partial charge in [0.05, 0.1) is 7.11 Å². The Kier molecular flexibility index (Phi) is 5.91. The van der Waals surface area contributed by atoms with Crippen LogP contribution in [0.2, 0.25) is 0 Å². The van der Waals surface area contributed by atoms with Crippen LogP contribution in [0, 0.1) is 3.57 Å².